The zero-order valence-corrected chi connectivity index (χ0v) is 12.5. The summed E-state index contributed by atoms with van der Waals surface area (Å²) in [7, 11) is 0. The van der Waals surface area contributed by atoms with Crippen molar-refractivity contribution in [3.63, 3.8) is 0 Å². The molecule has 0 saturated carbocycles. The first-order chi connectivity index (χ1) is 10.8. The Hall–Kier alpha value is -2.17. The highest BCUT2D eigenvalue weighted by molar-refractivity contribution is 5.90. The second-order valence-electron chi connectivity index (χ2n) is 5.57. The van der Waals surface area contributed by atoms with Crippen LogP contribution in [-0.2, 0) is 11.2 Å². The summed E-state index contributed by atoms with van der Waals surface area (Å²) < 4.78 is 0. The van der Waals surface area contributed by atoms with Crippen molar-refractivity contribution in [3.8, 4) is 0 Å². The lowest BCUT2D eigenvalue weighted by molar-refractivity contribution is -0.116. The van der Waals surface area contributed by atoms with E-state index >= 15 is 0 Å². The standard InChI is InChI=1S/C18H21N3O/c22-18(11-6-14-4-2-1-3-5-14)20-16-9-7-15(8-10-16)17-12-13-19-21-17/h1-5,7-10,17,19,21H,6,11-13H2,(H,20,22). The first-order valence-corrected chi connectivity index (χ1v) is 7.73. The van der Waals surface area contributed by atoms with Gasteiger partial charge in [0.15, 0.2) is 0 Å². The van der Waals surface area contributed by atoms with Gasteiger partial charge < -0.3 is 5.32 Å². The molecule has 1 heterocycles. The maximum absolute atomic E-state index is 12.0. The zero-order chi connectivity index (χ0) is 15.2. The predicted molar refractivity (Wildman–Crippen MR) is 88.3 cm³/mol. The van der Waals surface area contributed by atoms with Gasteiger partial charge in [-0.3, -0.25) is 15.6 Å². The van der Waals surface area contributed by atoms with Crippen molar-refractivity contribution in [1.29, 1.82) is 0 Å². The van der Waals surface area contributed by atoms with Crippen LogP contribution in [0.15, 0.2) is 54.6 Å². The third-order valence-electron chi connectivity index (χ3n) is 3.91. The average molecular weight is 295 g/mol. The number of nitrogens with one attached hydrogen (secondary N) is 3. The summed E-state index contributed by atoms with van der Waals surface area (Å²) >= 11 is 0. The molecule has 2 aromatic carbocycles. The Morgan fingerprint density at radius 3 is 2.55 bits per heavy atom. The number of hydrogen-bond acceptors (Lipinski definition) is 3. The summed E-state index contributed by atoms with van der Waals surface area (Å²) in [4.78, 5) is 12.0. The van der Waals surface area contributed by atoms with Crippen molar-refractivity contribution in [1.82, 2.24) is 10.9 Å². The number of anilines is 1. The van der Waals surface area contributed by atoms with Gasteiger partial charge in [-0.15, -0.1) is 0 Å². The van der Waals surface area contributed by atoms with Gasteiger partial charge >= 0.3 is 0 Å². The van der Waals surface area contributed by atoms with Crippen LogP contribution in [0.3, 0.4) is 0 Å². The average Bonchev–Trinajstić information content (AvgIpc) is 3.09. The van der Waals surface area contributed by atoms with Gasteiger partial charge in [0, 0.05) is 24.7 Å². The van der Waals surface area contributed by atoms with Crippen molar-refractivity contribution in [2.45, 2.75) is 25.3 Å². The minimum atomic E-state index is 0.0530. The molecule has 1 aliphatic rings. The first kappa shape index (κ1) is 14.8. The summed E-state index contributed by atoms with van der Waals surface area (Å²) in [6.45, 7) is 0.989. The molecule has 22 heavy (non-hydrogen) atoms. The van der Waals surface area contributed by atoms with E-state index in [0.29, 0.717) is 12.5 Å². The Labute approximate surface area is 130 Å². The lowest BCUT2D eigenvalue weighted by Gasteiger charge is -2.11. The number of rotatable bonds is 5. The third-order valence-corrected chi connectivity index (χ3v) is 3.91. The Morgan fingerprint density at radius 2 is 1.86 bits per heavy atom. The lowest BCUT2D eigenvalue weighted by atomic mass is 10.1. The molecule has 1 amide bonds. The summed E-state index contributed by atoms with van der Waals surface area (Å²) in [5.74, 6) is 0.0530. The third kappa shape index (κ3) is 3.93. The molecule has 0 aliphatic carbocycles. The summed E-state index contributed by atoms with van der Waals surface area (Å²) in [5, 5.41) is 2.95. The van der Waals surface area contributed by atoms with E-state index < -0.39 is 0 Å². The highest BCUT2D eigenvalue weighted by Crippen LogP contribution is 2.20. The second-order valence-corrected chi connectivity index (χ2v) is 5.57. The largest absolute Gasteiger partial charge is 0.326 e. The lowest BCUT2D eigenvalue weighted by Crippen LogP contribution is -2.24. The van der Waals surface area contributed by atoms with Gasteiger partial charge in [0.05, 0.1) is 0 Å². The van der Waals surface area contributed by atoms with E-state index in [1.807, 2.05) is 42.5 Å². The molecule has 3 rings (SSSR count). The molecule has 1 fully saturated rings. The van der Waals surface area contributed by atoms with Gasteiger partial charge in [0.1, 0.15) is 0 Å². The van der Waals surface area contributed by atoms with Crippen LogP contribution in [0.1, 0.15) is 30.0 Å². The van der Waals surface area contributed by atoms with E-state index in [4.69, 9.17) is 0 Å². The van der Waals surface area contributed by atoms with Gasteiger partial charge in [-0.05, 0) is 36.1 Å². The van der Waals surface area contributed by atoms with Crippen molar-refractivity contribution < 1.29 is 4.79 Å². The van der Waals surface area contributed by atoms with Crippen molar-refractivity contribution in [2.75, 3.05) is 11.9 Å². The van der Waals surface area contributed by atoms with E-state index in [0.717, 1.165) is 25.1 Å². The van der Waals surface area contributed by atoms with Crippen LogP contribution in [0, 0.1) is 0 Å². The van der Waals surface area contributed by atoms with Gasteiger partial charge in [0.25, 0.3) is 0 Å². The maximum Gasteiger partial charge on any atom is 0.224 e. The van der Waals surface area contributed by atoms with Crippen LogP contribution in [0.2, 0.25) is 0 Å². The Bertz CT molecular complexity index is 604. The zero-order valence-electron chi connectivity index (χ0n) is 12.5. The van der Waals surface area contributed by atoms with E-state index in [-0.39, 0.29) is 5.91 Å². The van der Waals surface area contributed by atoms with E-state index in [1.54, 1.807) is 0 Å². The number of benzene rings is 2. The monoisotopic (exact) mass is 295 g/mol. The van der Waals surface area contributed by atoms with E-state index in [9.17, 15) is 4.79 Å². The minimum Gasteiger partial charge on any atom is -0.326 e. The molecule has 0 radical (unpaired) electrons. The molecule has 4 heteroatoms. The molecule has 114 valence electrons. The van der Waals surface area contributed by atoms with Crippen LogP contribution in [0.5, 0.6) is 0 Å². The van der Waals surface area contributed by atoms with Crippen LogP contribution >= 0.6 is 0 Å². The van der Waals surface area contributed by atoms with Crippen LogP contribution in [-0.4, -0.2) is 12.5 Å². The number of aryl methyl sites for hydroxylation is 1. The molecule has 3 N–H and O–H groups in total. The van der Waals surface area contributed by atoms with Crippen molar-refractivity contribution in [3.05, 3.63) is 65.7 Å². The fourth-order valence-electron chi connectivity index (χ4n) is 2.66. The van der Waals surface area contributed by atoms with E-state index in [2.05, 4.69) is 28.3 Å². The molecule has 1 aliphatic heterocycles. The molecule has 1 atom stereocenters. The molecular formula is C18H21N3O. The second kappa shape index (κ2) is 7.20. The minimum absolute atomic E-state index is 0.0530. The normalized spacial score (nSPS) is 17.4. The number of hydrogen-bond donors (Lipinski definition) is 3. The van der Waals surface area contributed by atoms with Gasteiger partial charge in [0.2, 0.25) is 5.91 Å². The summed E-state index contributed by atoms with van der Waals surface area (Å²) in [5.41, 5.74) is 9.65. The number of carbonyl (C=O) groups is 1. The van der Waals surface area contributed by atoms with Crippen molar-refractivity contribution >= 4 is 11.6 Å². The molecule has 0 spiro atoms. The molecule has 0 aromatic heterocycles. The number of amides is 1. The molecule has 1 unspecified atom stereocenters. The summed E-state index contributed by atoms with van der Waals surface area (Å²) in [6.07, 6.45) is 2.35. The topological polar surface area (TPSA) is 53.2 Å². The predicted octanol–water partition coefficient (Wildman–Crippen LogP) is 2.80. The highest BCUT2D eigenvalue weighted by atomic mass is 16.1. The van der Waals surface area contributed by atoms with Crippen molar-refractivity contribution in [2.24, 2.45) is 0 Å². The van der Waals surface area contributed by atoms with Gasteiger partial charge in [-0.2, -0.15) is 0 Å². The van der Waals surface area contributed by atoms with Crippen LogP contribution < -0.4 is 16.2 Å². The fraction of sp³-hybridized carbons (Fsp3) is 0.278. The van der Waals surface area contributed by atoms with Gasteiger partial charge in [-0.1, -0.05) is 42.5 Å². The Morgan fingerprint density at radius 1 is 1.09 bits per heavy atom. The van der Waals surface area contributed by atoms with Gasteiger partial charge in [-0.25, -0.2) is 0 Å². The Balaban J connectivity index is 1.50. The molecule has 2 aromatic rings. The maximum atomic E-state index is 12.0. The van der Waals surface area contributed by atoms with Crippen LogP contribution in [0.4, 0.5) is 5.69 Å². The molecular weight excluding hydrogens is 274 g/mol. The highest BCUT2D eigenvalue weighted by Gasteiger charge is 2.15. The number of hydrazine groups is 1. The van der Waals surface area contributed by atoms with E-state index in [1.165, 1.54) is 11.1 Å². The molecule has 4 nitrogen and oxygen atoms in total. The summed E-state index contributed by atoms with van der Waals surface area (Å²) in [6, 6.07) is 18.5. The molecule has 1 saturated heterocycles. The quantitative estimate of drug-likeness (QED) is 0.795. The number of carbonyl (C=O) groups excluding carboxylic acids is 1. The van der Waals surface area contributed by atoms with Crippen LogP contribution in [0.25, 0.3) is 0 Å². The smallest absolute Gasteiger partial charge is 0.224 e. The Kier molecular flexibility index (Phi) is 4.83. The first-order valence-electron chi connectivity index (χ1n) is 7.73. The fourth-order valence-corrected chi connectivity index (χ4v) is 2.66. The SMILES string of the molecule is O=C(CCc1ccccc1)Nc1ccc(C2CCNN2)cc1. The molecule has 0 bridgehead atoms.